The van der Waals surface area contributed by atoms with Crippen LogP contribution in [0, 0.1) is 23.4 Å². The molecule has 2 bridgehead atoms. The molecule has 2 saturated heterocycles. The van der Waals surface area contributed by atoms with Crippen LogP contribution in [-0.4, -0.2) is 31.1 Å². The molecule has 3 nitrogen and oxygen atoms in total. The van der Waals surface area contributed by atoms with E-state index < -0.39 is 34.7 Å². The second kappa shape index (κ2) is 5.18. The Morgan fingerprint density at radius 1 is 1.10 bits per heavy atom. The fourth-order valence-corrected chi connectivity index (χ4v) is 3.03. The summed E-state index contributed by atoms with van der Waals surface area (Å²) in [5.41, 5.74) is -0.628. The van der Waals surface area contributed by atoms with E-state index in [1.165, 1.54) is 0 Å². The zero-order valence-electron chi connectivity index (χ0n) is 10.7. The maximum absolute atomic E-state index is 13.7. The fraction of sp³-hybridized carbons (Fsp3) is 0.500. The lowest BCUT2D eigenvalue weighted by Gasteiger charge is -2.39. The number of halogens is 3. The number of carbonyl (C=O) groups is 1. The quantitative estimate of drug-likeness (QED) is 0.845. The van der Waals surface area contributed by atoms with Gasteiger partial charge in [0.2, 0.25) is 0 Å². The van der Waals surface area contributed by atoms with Crippen molar-refractivity contribution < 1.29 is 22.7 Å². The molecule has 0 spiro atoms. The van der Waals surface area contributed by atoms with Gasteiger partial charge in [-0.05, 0) is 12.8 Å². The molecule has 0 aliphatic carbocycles. The molecule has 3 rings (SSSR count). The Morgan fingerprint density at radius 2 is 1.65 bits per heavy atom. The van der Waals surface area contributed by atoms with Gasteiger partial charge in [0.05, 0.1) is 18.8 Å². The van der Waals surface area contributed by atoms with E-state index in [4.69, 9.17) is 4.74 Å². The molecule has 2 fully saturated rings. The molecule has 1 N–H and O–H groups in total. The highest BCUT2D eigenvalue weighted by atomic mass is 19.1. The van der Waals surface area contributed by atoms with E-state index in [0.29, 0.717) is 38.2 Å². The van der Waals surface area contributed by atoms with E-state index in [2.05, 4.69) is 5.32 Å². The minimum atomic E-state index is -1.13. The summed E-state index contributed by atoms with van der Waals surface area (Å²) >= 11 is 0. The molecule has 0 saturated carbocycles. The van der Waals surface area contributed by atoms with Crippen LogP contribution in [-0.2, 0) is 4.74 Å². The van der Waals surface area contributed by atoms with Crippen LogP contribution in [0.3, 0.4) is 0 Å². The maximum Gasteiger partial charge on any atom is 0.171 e. The molecule has 0 amide bonds. The van der Waals surface area contributed by atoms with Crippen LogP contribution in [0.5, 0.6) is 0 Å². The Bertz CT molecular complexity index is 514. The Labute approximate surface area is 114 Å². The number of morpholine rings is 1. The van der Waals surface area contributed by atoms with Crippen molar-refractivity contribution in [3.8, 4) is 0 Å². The minimum absolute atomic E-state index is 0.0306. The van der Waals surface area contributed by atoms with Crippen LogP contribution in [0.1, 0.15) is 23.2 Å². The number of rotatable bonds is 2. The Balaban J connectivity index is 1.86. The van der Waals surface area contributed by atoms with Crippen LogP contribution in [0.4, 0.5) is 13.2 Å². The van der Waals surface area contributed by atoms with Gasteiger partial charge in [-0.25, -0.2) is 13.2 Å². The van der Waals surface area contributed by atoms with E-state index in [0.717, 1.165) is 0 Å². The Hall–Kier alpha value is -1.40. The van der Waals surface area contributed by atoms with Crippen molar-refractivity contribution in [1.82, 2.24) is 5.32 Å². The Morgan fingerprint density at radius 3 is 2.20 bits per heavy atom. The predicted molar refractivity (Wildman–Crippen MR) is 64.9 cm³/mol. The molecular formula is C14H14F3NO2. The first kappa shape index (κ1) is 13.6. The smallest absolute Gasteiger partial charge is 0.171 e. The molecule has 0 radical (unpaired) electrons. The van der Waals surface area contributed by atoms with Gasteiger partial charge in [0, 0.05) is 30.1 Å². The van der Waals surface area contributed by atoms with Crippen LogP contribution in [0.15, 0.2) is 12.1 Å². The largest absolute Gasteiger partial charge is 0.378 e. The van der Waals surface area contributed by atoms with Crippen molar-refractivity contribution in [3.05, 3.63) is 35.1 Å². The average molecular weight is 285 g/mol. The van der Waals surface area contributed by atoms with Crippen LogP contribution >= 0.6 is 0 Å². The zero-order valence-corrected chi connectivity index (χ0v) is 10.7. The van der Waals surface area contributed by atoms with Crippen molar-refractivity contribution in [2.24, 2.45) is 5.92 Å². The first-order valence-corrected chi connectivity index (χ1v) is 6.57. The summed E-state index contributed by atoms with van der Waals surface area (Å²) in [6, 6.07) is 1.15. The SMILES string of the molecule is O=C(c1c(F)cc(F)cc1F)C1CC2COCC(C1)N2. The highest BCUT2D eigenvalue weighted by molar-refractivity contribution is 5.98. The molecule has 108 valence electrons. The molecule has 1 aromatic rings. The first-order valence-electron chi connectivity index (χ1n) is 6.57. The molecule has 0 aromatic heterocycles. The summed E-state index contributed by atoms with van der Waals surface area (Å²) in [5.74, 6) is -4.32. The van der Waals surface area contributed by atoms with Crippen molar-refractivity contribution >= 4 is 5.78 Å². The molecule has 2 unspecified atom stereocenters. The van der Waals surface area contributed by atoms with Crippen LogP contribution in [0.25, 0.3) is 0 Å². The number of Topliss-reactive ketones (excluding diaryl/α,β-unsaturated/α-hetero) is 1. The number of nitrogens with one attached hydrogen (secondary N) is 1. The van der Waals surface area contributed by atoms with Gasteiger partial charge in [-0.1, -0.05) is 0 Å². The standard InChI is InChI=1S/C14H14F3NO2/c15-8-3-11(16)13(12(17)4-8)14(19)7-1-9-5-20-6-10(2-7)18-9/h3-4,7,9-10,18H,1-2,5-6H2. The number of piperidine rings is 1. The monoisotopic (exact) mass is 285 g/mol. The van der Waals surface area contributed by atoms with E-state index in [1.54, 1.807) is 0 Å². The highest BCUT2D eigenvalue weighted by Crippen LogP contribution is 2.29. The van der Waals surface area contributed by atoms with Gasteiger partial charge in [0.25, 0.3) is 0 Å². The molecule has 2 atom stereocenters. The summed E-state index contributed by atoms with van der Waals surface area (Å²) in [4.78, 5) is 12.3. The van der Waals surface area contributed by atoms with E-state index >= 15 is 0 Å². The molecule has 2 aliphatic rings. The predicted octanol–water partition coefficient (Wildman–Crippen LogP) is 2.05. The second-order valence-electron chi connectivity index (χ2n) is 5.37. The van der Waals surface area contributed by atoms with Crippen molar-refractivity contribution in [1.29, 1.82) is 0 Å². The van der Waals surface area contributed by atoms with Gasteiger partial charge in [-0.2, -0.15) is 0 Å². The fourth-order valence-electron chi connectivity index (χ4n) is 3.03. The van der Waals surface area contributed by atoms with Crippen molar-refractivity contribution in [2.75, 3.05) is 13.2 Å². The van der Waals surface area contributed by atoms with Crippen molar-refractivity contribution in [2.45, 2.75) is 24.9 Å². The lowest BCUT2D eigenvalue weighted by Crippen LogP contribution is -2.55. The average Bonchev–Trinajstić information content (AvgIpc) is 2.36. The van der Waals surface area contributed by atoms with Gasteiger partial charge in [-0.3, -0.25) is 4.79 Å². The molecule has 1 aromatic carbocycles. The van der Waals surface area contributed by atoms with Gasteiger partial charge >= 0.3 is 0 Å². The third kappa shape index (κ3) is 2.45. The summed E-state index contributed by atoms with van der Waals surface area (Å²) in [5, 5.41) is 3.30. The minimum Gasteiger partial charge on any atom is -0.378 e. The summed E-state index contributed by atoms with van der Waals surface area (Å²) < 4.78 is 45.6. The van der Waals surface area contributed by atoms with Crippen molar-refractivity contribution in [3.63, 3.8) is 0 Å². The zero-order chi connectivity index (χ0) is 14.3. The number of ketones is 1. The molecule has 20 heavy (non-hydrogen) atoms. The third-order valence-electron chi connectivity index (χ3n) is 3.87. The normalized spacial score (nSPS) is 29.2. The van der Waals surface area contributed by atoms with E-state index in [1.807, 2.05) is 0 Å². The molecule has 2 heterocycles. The van der Waals surface area contributed by atoms with Gasteiger partial charge in [0.15, 0.2) is 5.78 Å². The van der Waals surface area contributed by atoms with Gasteiger partial charge in [0.1, 0.15) is 17.5 Å². The van der Waals surface area contributed by atoms with E-state index in [9.17, 15) is 18.0 Å². The molecule has 6 heteroatoms. The van der Waals surface area contributed by atoms with Crippen LogP contribution in [0.2, 0.25) is 0 Å². The number of fused-ring (bicyclic) bond motifs is 2. The van der Waals surface area contributed by atoms with E-state index in [-0.39, 0.29) is 12.1 Å². The highest BCUT2D eigenvalue weighted by Gasteiger charge is 2.37. The number of hydrogen-bond acceptors (Lipinski definition) is 3. The van der Waals surface area contributed by atoms with Crippen LogP contribution < -0.4 is 5.32 Å². The molecular weight excluding hydrogens is 271 g/mol. The first-order chi connectivity index (χ1) is 9.54. The summed E-state index contributed by atoms with van der Waals surface area (Å²) in [6.07, 6.45) is 0.956. The number of benzene rings is 1. The lowest BCUT2D eigenvalue weighted by molar-refractivity contribution is 0.00937. The maximum atomic E-state index is 13.7. The van der Waals surface area contributed by atoms with Gasteiger partial charge < -0.3 is 10.1 Å². The summed E-state index contributed by atoms with van der Waals surface area (Å²) in [6.45, 7) is 0.989. The topological polar surface area (TPSA) is 38.3 Å². The lowest BCUT2D eigenvalue weighted by atomic mass is 9.82. The molecule has 2 aliphatic heterocycles. The number of carbonyl (C=O) groups excluding carboxylic acids is 1. The number of ether oxygens (including phenoxy) is 1. The Kier molecular flexibility index (Phi) is 3.52. The number of hydrogen-bond donors (Lipinski definition) is 1. The third-order valence-corrected chi connectivity index (χ3v) is 3.87. The second-order valence-corrected chi connectivity index (χ2v) is 5.37. The summed E-state index contributed by atoms with van der Waals surface area (Å²) in [7, 11) is 0. The van der Waals surface area contributed by atoms with Gasteiger partial charge in [-0.15, -0.1) is 0 Å².